The normalized spacial score (nSPS) is 22.6. The highest BCUT2D eigenvalue weighted by Crippen LogP contribution is 2.59. The average Bonchev–Trinajstić information content (AvgIpc) is 3.07. The van der Waals surface area contributed by atoms with Gasteiger partial charge in [0.15, 0.2) is 0 Å². The van der Waals surface area contributed by atoms with Crippen LogP contribution in [0.15, 0.2) is 103 Å². The van der Waals surface area contributed by atoms with Crippen LogP contribution >= 0.6 is 0 Å². The highest BCUT2D eigenvalue weighted by Gasteiger charge is 2.53. The van der Waals surface area contributed by atoms with Gasteiger partial charge in [0.05, 0.1) is 0 Å². The molecule has 0 saturated carbocycles. The van der Waals surface area contributed by atoms with Crippen molar-refractivity contribution in [2.75, 3.05) is 0 Å². The third-order valence-corrected chi connectivity index (χ3v) is 7.19. The molecule has 0 aromatic heterocycles. The van der Waals surface area contributed by atoms with Gasteiger partial charge in [0.25, 0.3) is 0 Å². The molecule has 0 heteroatoms. The topological polar surface area (TPSA) is 0 Å². The van der Waals surface area contributed by atoms with Crippen LogP contribution in [-0.2, 0) is 10.8 Å². The smallest absolute Gasteiger partial charge is 0.0468 e. The molecular formula is C30H28. The second-order valence-corrected chi connectivity index (χ2v) is 8.96. The Morgan fingerprint density at radius 1 is 0.533 bits per heavy atom. The third kappa shape index (κ3) is 2.60. The van der Waals surface area contributed by atoms with Crippen LogP contribution in [-0.4, -0.2) is 0 Å². The SMILES string of the molecule is Cc1ccccc1[C@]1(c2ccccc2)C[C@@](C)(c2ccccc2)c2c(C)cccc21. The Morgan fingerprint density at radius 3 is 1.73 bits per heavy atom. The van der Waals surface area contributed by atoms with Gasteiger partial charge < -0.3 is 0 Å². The lowest BCUT2D eigenvalue weighted by atomic mass is 9.66. The average molecular weight is 389 g/mol. The van der Waals surface area contributed by atoms with E-state index in [1.165, 1.54) is 38.9 Å². The molecule has 4 aromatic rings. The zero-order valence-corrected chi connectivity index (χ0v) is 18.0. The molecule has 0 radical (unpaired) electrons. The van der Waals surface area contributed by atoms with E-state index < -0.39 is 0 Å². The Hall–Kier alpha value is -3.12. The van der Waals surface area contributed by atoms with Gasteiger partial charge in [-0.2, -0.15) is 0 Å². The van der Waals surface area contributed by atoms with E-state index in [9.17, 15) is 0 Å². The van der Waals surface area contributed by atoms with Gasteiger partial charge in [-0.1, -0.05) is 110 Å². The van der Waals surface area contributed by atoms with Crippen LogP contribution in [0.2, 0.25) is 0 Å². The molecule has 0 spiro atoms. The van der Waals surface area contributed by atoms with Crippen LogP contribution < -0.4 is 0 Å². The van der Waals surface area contributed by atoms with E-state index >= 15 is 0 Å². The van der Waals surface area contributed by atoms with Crippen molar-refractivity contribution in [1.29, 1.82) is 0 Å². The lowest BCUT2D eigenvalue weighted by molar-refractivity contribution is 0.470. The number of fused-ring (bicyclic) bond motifs is 1. The van der Waals surface area contributed by atoms with E-state index in [2.05, 4.69) is 124 Å². The quantitative estimate of drug-likeness (QED) is 0.344. The second kappa shape index (κ2) is 6.99. The van der Waals surface area contributed by atoms with E-state index in [1.54, 1.807) is 0 Å². The van der Waals surface area contributed by atoms with E-state index in [-0.39, 0.29) is 10.8 Å². The molecule has 0 heterocycles. The van der Waals surface area contributed by atoms with Crippen molar-refractivity contribution in [3.8, 4) is 0 Å². The zero-order valence-electron chi connectivity index (χ0n) is 18.0. The van der Waals surface area contributed by atoms with Crippen LogP contribution in [0.5, 0.6) is 0 Å². The summed E-state index contributed by atoms with van der Waals surface area (Å²) < 4.78 is 0. The highest BCUT2D eigenvalue weighted by molar-refractivity contribution is 5.65. The summed E-state index contributed by atoms with van der Waals surface area (Å²) >= 11 is 0. The van der Waals surface area contributed by atoms with Gasteiger partial charge >= 0.3 is 0 Å². The molecule has 0 saturated heterocycles. The first-order chi connectivity index (χ1) is 14.6. The summed E-state index contributed by atoms with van der Waals surface area (Å²) in [6.45, 7) is 6.98. The molecule has 0 N–H and O–H groups in total. The molecule has 0 fully saturated rings. The van der Waals surface area contributed by atoms with Gasteiger partial charge in [0, 0.05) is 10.8 Å². The molecule has 0 bridgehead atoms. The van der Waals surface area contributed by atoms with Gasteiger partial charge in [-0.25, -0.2) is 0 Å². The minimum Gasteiger partial charge on any atom is -0.0622 e. The summed E-state index contributed by atoms with van der Waals surface area (Å²) in [6, 6.07) is 38.0. The van der Waals surface area contributed by atoms with Crippen LogP contribution in [0.4, 0.5) is 0 Å². The van der Waals surface area contributed by atoms with Crippen LogP contribution in [0.25, 0.3) is 0 Å². The van der Waals surface area contributed by atoms with E-state index in [0.29, 0.717) is 0 Å². The first-order valence-corrected chi connectivity index (χ1v) is 10.8. The summed E-state index contributed by atoms with van der Waals surface area (Å²) in [4.78, 5) is 0. The highest BCUT2D eigenvalue weighted by atomic mass is 14.5. The standard InChI is InChI=1S/C30H28/c1-22-13-10-11-19-26(22)30(25-17-8-5-9-18-25)21-29(3,24-15-6-4-7-16-24)28-23(2)14-12-20-27(28)30/h4-20H,21H2,1-3H3/t29-,30+/m0/s1. The van der Waals surface area contributed by atoms with Gasteiger partial charge in [0.1, 0.15) is 0 Å². The van der Waals surface area contributed by atoms with Crippen molar-refractivity contribution in [1.82, 2.24) is 0 Å². The molecule has 1 aliphatic rings. The minimum atomic E-state index is -0.168. The number of hydrogen-bond acceptors (Lipinski definition) is 0. The van der Waals surface area contributed by atoms with E-state index in [0.717, 1.165) is 6.42 Å². The van der Waals surface area contributed by atoms with Crippen molar-refractivity contribution in [3.05, 3.63) is 142 Å². The van der Waals surface area contributed by atoms with E-state index in [4.69, 9.17) is 0 Å². The fraction of sp³-hybridized carbons (Fsp3) is 0.200. The number of hydrogen-bond donors (Lipinski definition) is 0. The van der Waals surface area contributed by atoms with Crippen molar-refractivity contribution in [2.24, 2.45) is 0 Å². The summed E-state index contributed by atoms with van der Waals surface area (Å²) in [5.41, 5.74) is 9.65. The minimum absolute atomic E-state index is 0.0555. The van der Waals surface area contributed by atoms with Crippen LogP contribution in [0.1, 0.15) is 52.3 Å². The molecule has 0 amide bonds. The molecule has 4 aromatic carbocycles. The summed E-state index contributed by atoms with van der Waals surface area (Å²) in [5, 5.41) is 0. The molecule has 0 unspecified atom stereocenters. The third-order valence-electron chi connectivity index (χ3n) is 7.19. The molecule has 1 aliphatic carbocycles. The van der Waals surface area contributed by atoms with Gasteiger partial charge in [0.2, 0.25) is 0 Å². The monoisotopic (exact) mass is 388 g/mol. The maximum absolute atomic E-state index is 2.44. The Kier molecular flexibility index (Phi) is 4.40. The summed E-state index contributed by atoms with van der Waals surface area (Å²) in [5.74, 6) is 0. The van der Waals surface area contributed by atoms with Gasteiger partial charge in [-0.15, -0.1) is 0 Å². The van der Waals surface area contributed by atoms with Crippen molar-refractivity contribution in [2.45, 2.75) is 38.0 Å². The van der Waals surface area contributed by atoms with E-state index in [1.807, 2.05) is 0 Å². The maximum atomic E-state index is 2.44. The number of aryl methyl sites for hydroxylation is 2. The van der Waals surface area contributed by atoms with Gasteiger partial charge in [-0.05, 0) is 59.2 Å². The molecular weight excluding hydrogens is 360 g/mol. The van der Waals surface area contributed by atoms with Gasteiger partial charge in [-0.3, -0.25) is 0 Å². The van der Waals surface area contributed by atoms with Crippen LogP contribution in [0, 0.1) is 13.8 Å². The molecule has 5 rings (SSSR count). The predicted molar refractivity (Wildman–Crippen MR) is 126 cm³/mol. The number of benzene rings is 4. The van der Waals surface area contributed by atoms with Crippen LogP contribution in [0.3, 0.4) is 0 Å². The molecule has 148 valence electrons. The Balaban J connectivity index is 1.91. The molecule has 0 nitrogen and oxygen atoms in total. The predicted octanol–water partition coefficient (Wildman–Crippen LogP) is 7.35. The lowest BCUT2D eigenvalue weighted by Gasteiger charge is -2.36. The second-order valence-electron chi connectivity index (χ2n) is 8.96. The molecule has 30 heavy (non-hydrogen) atoms. The zero-order chi connectivity index (χ0) is 20.8. The molecule has 0 aliphatic heterocycles. The maximum Gasteiger partial charge on any atom is 0.0468 e. The summed E-state index contributed by atoms with van der Waals surface area (Å²) in [7, 11) is 0. The van der Waals surface area contributed by atoms with Crippen molar-refractivity contribution >= 4 is 0 Å². The lowest BCUT2D eigenvalue weighted by Crippen LogP contribution is -2.31. The first-order valence-electron chi connectivity index (χ1n) is 10.8. The Labute approximate surface area is 180 Å². The van der Waals surface area contributed by atoms with Crippen molar-refractivity contribution < 1.29 is 0 Å². The first kappa shape index (κ1) is 18.9. The Bertz CT molecular complexity index is 1190. The van der Waals surface area contributed by atoms with Crippen molar-refractivity contribution in [3.63, 3.8) is 0 Å². The largest absolute Gasteiger partial charge is 0.0622 e. The number of rotatable bonds is 3. The fourth-order valence-corrected chi connectivity index (χ4v) is 5.95. The summed E-state index contributed by atoms with van der Waals surface area (Å²) in [6.07, 6.45) is 1.03. The Morgan fingerprint density at radius 2 is 1.07 bits per heavy atom. The molecule has 2 atom stereocenters. The fourth-order valence-electron chi connectivity index (χ4n) is 5.95.